The summed E-state index contributed by atoms with van der Waals surface area (Å²) in [5.74, 6) is 2.88. The van der Waals surface area contributed by atoms with E-state index in [9.17, 15) is 12.3 Å². The largest absolute Gasteiger partial charge is 0.481 e. The maximum absolute atomic E-state index is 12.2. The van der Waals surface area contributed by atoms with E-state index >= 15 is 0 Å². The zero-order valence-electron chi connectivity index (χ0n) is 8.26. The molecule has 16 heavy (non-hydrogen) atoms. The van der Waals surface area contributed by atoms with Gasteiger partial charge in [-0.25, -0.2) is 0 Å². The first kappa shape index (κ1) is 12.3. The Hall–Kier alpha value is -1.80. The summed E-state index contributed by atoms with van der Waals surface area (Å²) in [7, 11) is -4.58. The summed E-state index contributed by atoms with van der Waals surface area (Å²) in [5, 5.41) is 0.490. The molecular weight excluding hydrogens is 231 g/mol. The Labute approximate surface area is 93.8 Å². The van der Waals surface area contributed by atoms with Gasteiger partial charge in [0.15, 0.2) is 0 Å². The second kappa shape index (κ2) is 5.33. The minimum atomic E-state index is -4.58. The first-order valence-electron chi connectivity index (χ1n) is 4.30. The van der Waals surface area contributed by atoms with E-state index in [0.717, 1.165) is 6.08 Å². The molecule has 0 amide bonds. The first-order chi connectivity index (χ1) is 7.51. The molecule has 0 saturated heterocycles. The van der Waals surface area contributed by atoms with Crippen LogP contribution < -0.4 is 4.74 Å². The number of halogens is 1. The molecule has 0 spiro atoms. The van der Waals surface area contributed by atoms with Crippen LogP contribution in [0.25, 0.3) is 6.08 Å². The van der Waals surface area contributed by atoms with Crippen LogP contribution in [0.5, 0.6) is 5.75 Å². The van der Waals surface area contributed by atoms with Crippen molar-refractivity contribution in [3.05, 3.63) is 35.2 Å². The summed E-state index contributed by atoms with van der Waals surface area (Å²) in [4.78, 5) is 0. The van der Waals surface area contributed by atoms with E-state index in [-0.39, 0.29) is 6.61 Å². The average Bonchev–Trinajstić information content (AvgIpc) is 2.24. The lowest BCUT2D eigenvalue weighted by atomic mass is 10.2. The Morgan fingerprint density at radius 3 is 2.50 bits per heavy atom. The van der Waals surface area contributed by atoms with Crippen molar-refractivity contribution < 1.29 is 17.0 Å². The van der Waals surface area contributed by atoms with Gasteiger partial charge in [-0.15, -0.1) is 10.3 Å². The van der Waals surface area contributed by atoms with E-state index in [2.05, 4.69) is 5.92 Å². The maximum Gasteiger partial charge on any atom is 0.325 e. The van der Waals surface area contributed by atoms with Crippen molar-refractivity contribution in [3.8, 4) is 18.1 Å². The third-order valence-electron chi connectivity index (χ3n) is 1.63. The second-order valence-electron chi connectivity index (χ2n) is 2.84. The van der Waals surface area contributed by atoms with E-state index in [0.29, 0.717) is 16.7 Å². The van der Waals surface area contributed by atoms with Crippen LogP contribution in [-0.4, -0.2) is 15.0 Å². The normalized spacial score (nSPS) is 11.2. The number of terminal acetylenes is 1. The topological polar surface area (TPSA) is 43.4 Å². The monoisotopic (exact) mass is 240 g/mol. The summed E-state index contributed by atoms with van der Waals surface area (Å²) in [6.07, 6.45) is 6.16. The number of hydrogen-bond acceptors (Lipinski definition) is 3. The van der Waals surface area contributed by atoms with Crippen molar-refractivity contribution in [2.24, 2.45) is 0 Å². The molecule has 3 nitrogen and oxygen atoms in total. The van der Waals surface area contributed by atoms with Gasteiger partial charge in [0.05, 0.1) is 5.41 Å². The van der Waals surface area contributed by atoms with Gasteiger partial charge in [0.2, 0.25) is 0 Å². The standard InChI is InChI=1S/C11H9FO3S/c1-2-8-15-11-5-3-10(4-6-11)7-9-16(12,13)14/h1,3-7,9H,8H2/b9-7+. The summed E-state index contributed by atoms with van der Waals surface area (Å²) in [5.41, 5.74) is 0.550. The Morgan fingerprint density at radius 2 is 2.00 bits per heavy atom. The lowest BCUT2D eigenvalue weighted by molar-refractivity contribution is 0.370. The third-order valence-corrected chi connectivity index (χ3v) is 2.09. The van der Waals surface area contributed by atoms with Crippen molar-refractivity contribution in [3.63, 3.8) is 0 Å². The fourth-order valence-corrected chi connectivity index (χ4v) is 1.28. The number of benzene rings is 1. The van der Waals surface area contributed by atoms with E-state index in [4.69, 9.17) is 11.2 Å². The van der Waals surface area contributed by atoms with Crippen LogP contribution in [0.15, 0.2) is 29.7 Å². The molecule has 1 aromatic rings. The molecule has 0 unspecified atom stereocenters. The van der Waals surface area contributed by atoms with Crippen LogP contribution >= 0.6 is 0 Å². The van der Waals surface area contributed by atoms with Crippen LogP contribution in [0.4, 0.5) is 3.89 Å². The molecule has 0 N–H and O–H groups in total. The second-order valence-corrected chi connectivity index (χ2v) is 4.06. The Bertz CT molecular complexity index is 509. The minimum Gasteiger partial charge on any atom is -0.481 e. The van der Waals surface area contributed by atoms with Gasteiger partial charge in [-0.2, -0.15) is 8.42 Å². The molecular formula is C11H9FO3S. The highest BCUT2D eigenvalue weighted by Gasteiger charge is 1.98. The highest BCUT2D eigenvalue weighted by atomic mass is 32.3. The summed E-state index contributed by atoms with van der Waals surface area (Å²) >= 11 is 0. The van der Waals surface area contributed by atoms with Gasteiger partial charge < -0.3 is 4.74 Å². The van der Waals surface area contributed by atoms with Crippen molar-refractivity contribution >= 4 is 16.3 Å². The van der Waals surface area contributed by atoms with Crippen LogP contribution in [0.1, 0.15) is 5.56 Å². The lowest BCUT2D eigenvalue weighted by Crippen LogP contribution is -1.92. The van der Waals surface area contributed by atoms with Crippen LogP contribution in [0, 0.1) is 12.3 Å². The van der Waals surface area contributed by atoms with Crippen molar-refractivity contribution in [2.45, 2.75) is 0 Å². The SMILES string of the molecule is C#CCOc1ccc(/C=C/S(=O)(=O)F)cc1. The van der Waals surface area contributed by atoms with Crippen LogP contribution in [-0.2, 0) is 10.2 Å². The third kappa shape index (κ3) is 4.62. The average molecular weight is 240 g/mol. The summed E-state index contributed by atoms with van der Waals surface area (Å²) < 4.78 is 37.7. The quantitative estimate of drug-likeness (QED) is 0.597. The summed E-state index contributed by atoms with van der Waals surface area (Å²) in [6.45, 7) is 0.161. The number of rotatable bonds is 4. The lowest BCUT2D eigenvalue weighted by Gasteiger charge is -2.01. The molecule has 0 aliphatic carbocycles. The molecule has 0 aromatic heterocycles. The van der Waals surface area contributed by atoms with Crippen molar-refractivity contribution in [1.29, 1.82) is 0 Å². The van der Waals surface area contributed by atoms with Gasteiger partial charge in [-0.1, -0.05) is 18.1 Å². The molecule has 0 atom stereocenters. The van der Waals surface area contributed by atoms with Gasteiger partial charge >= 0.3 is 10.2 Å². The van der Waals surface area contributed by atoms with Gasteiger partial charge in [-0.05, 0) is 23.8 Å². The zero-order valence-corrected chi connectivity index (χ0v) is 9.08. The summed E-state index contributed by atoms with van der Waals surface area (Å²) in [6, 6.07) is 6.41. The van der Waals surface area contributed by atoms with Gasteiger partial charge in [0.25, 0.3) is 0 Å². The zero-order chi connectivity index (χ0) is 12.0. The van der Waals surface area contributed by atoms with Gasteiger partial charge in [0, 0.05) is 0 Å². The fourth-order valence-electron chi connectivity index (χ4n) is 0.960. The van der Waals surface area contributed by atoms with E-state index in [1.54, 1.807) is 24.3 Å². The Balaban J connectivity index is 2.73. The Morgan fingerprint density at radius 1 is 1.38 bits per heavy atom. The molecule has 0 bridgehead atoms. The predicted molar refractivity (Wildman–Crippen MR) is 59.8 cm³/mol. The number of ether oxygens (including phenoxy) is 1. The molecule has 0 fully saturated rings. The fraction of sp³-hybridized carbons (Fsp3) is 0.0909. The molecule has 0 heterocycles. The van der Waals surface area contributed by atoms with Crippen LogP contribution in [0.2, 0.25) is 0 Å². The molecule has 84 valence electrons. The Kier molecular flexibility index (Phi) is 4.09. The predicted octanol–water partition coefficient (Wildman–Crippen LogP) is 1.97. The first-order valence-corrected chi connectivity index (χ1v) is 5.75. The molecule has 1 rings (SSSR count). The minimum absolute atomic E-state index is 0.161. The van der Waals surface area contributed by atoms with Gasteiger partial charge in [0.1, 0.15) is 12.4 Å². The van der Waals surface area contributed by atoms with E-state index < -0.39 is 10.2 Å². The van der Waals surface area contributed by atoms with Crippen molar-refractivity contribution in [2.75, 3.05) is 6.61 Å². The van der Waals surface area contributed by atoms with E-state index in [1.807, 2.05) is 0 Å². The molecule has 5 heteroatoms. The van der Waals surface area contributed by atoms with E-state index in [1.165, 1.54) is 0 Å². The molecule has 0 aliphatic heterocycles. The highest BCUT2D eigenvalue weighted by Crippen LogP contribution is 2.13. The highest BCUT2D eigenvalue weighted by molar-refractivity contribution is 7.89. The smallest absolute Gasteiger partial charge is 0.325 e. The van der Waals surface area contributed by atoms with Crippen LogP contribution in [0.3, 0.4) is 0 Å². The van der Waals surface area contributed by atoms with Gasteiger partial charge in [-0.3, -0.25) is 0 Å². The molecule has 0 saturated carbocycles. The molecule has 0 aliphatic rings. The van der Waals surface area contributed by atoms with Crippen molar-refractivity contribution in [1.82, 2.24) is 0 Å². The number of hydrogen-bond donors (Lipinski definition) is 0. The molecule has 0 radical (unpaired) electrons. The maximum atomic E-state index is 12.2. The molecule has 1 aromatic carbocycles.